The van der Waals surface area contributed by atoms with E-state index in [1.165, 1.54) is 63.6 Å². The van der Waals surface area contributed by atoms with Crippen LogP contribution in [0.4, 0.5) is 20.3 Å². The van der Waals surface area contributed by atoms with Crippen LogP contribution in [-0.2, 0) is 35.3 Å². The molecule has 0 aliphatic carbocycles. The second-order valence-corrected chi connectivity index (χ2v) is 18.6. The number of aromatic nitrogens is 8. The number of aryl methyl sites for hydroxylation is 1. The van der Waals surface area contributed by atoms with Crippen molar-refractivity contribution in [2.45, 2.75) is 67.8 Å². The van der Waals surface area contributed by atoms with Crippen LogP contribution in [-0.4, -0.2) is 117 Å². The number of para-hydroxylation sites is 1. The van der Waals surface area contributed by atoms with Gasteiger partial charge in [0, 0.05) is 29.5 Å². The molecule has 20 nitrogen and oxygen atoms in total. The first-order chi connectivity index (χ1) is 30.5. The lowest BCUT2D eigenvalue weighted by Gasteiger charge is -2.26. The van der Waals surface area contributed by atoms with Crippen LogP contribution in [0.3, 0.4) is 0 Å². The average molecular weight is 907 g/mol. The molecular weight excluding hydrogens is 870 g/mol. The summed E-state index contributed by atoms with van der Waals surface area (Å²) in [5, 5.41) is 33.3. The molecule has 9 rings (SSSR count). The van der Waals surface area contributed by atoms with Gasteiger partial charge in [0.1, 0.15) is 42.6 Å². The van der Waals surface area contributed by atoms with Crippen molar-refractivity contribution in [2.24, 2.45) is 0 Å². The number of nitro groups is 1. The zero-order valence-electron chi connectivity index (χ0n) is 32.8. The molecule has 63 heavy (non-hydrogen) atoms. The van der Waals surface area contributed by atoms with Gasteiger partial charge in [0.15, 0.2) is 47.4 Å². The third-order valence-electron chi connectivity index (χ3n) is 10.8. The molecule has 3 aliphatic rings. The first-order valence-electron chi connectivity index (χ1n) is 19.6. The number of anilines is 1. The molecule has 0 radical (unpaired) electrons. The normalized spacial score (nSPS) is 28.4. The quantitative estimate of drug-likeness (QED) is 0.0967. The summed E-state index contributed by atoms with van der Waals surface area (Å²) in [6, 6.07) is 14.2. The number of alkyl halides is 2. The minimum Gasteiger partial charge on any atom is -0.394 e. The van der Waals surface area contributed by atoms with Crippen LogP contribution in [0.25, 0.3) is 22.3 Å². The molecule has 2 aromatic carbocycles. The molecule has 1 unspecified atom stereocenters. The van der Waals surface area contributed by atoms with Gasteiger partial charge >= 0.3 is 6.80 Å². The summed E-state index contributed by atoms with van der Waals surface area (Å²) in [4.78, 5) is 53.0. The lowest BCUT2D eigenvalue weighted by atomic mass is 10.1. The molecule has 328 valence electrons. The van der Waals surface area contributed by atoms with E-state index in [1.54, 1.807) is 36.4 Å². The number of imidazole rings is 2. The van der Waals surface area contributed by atoms with E-state index in [4.69, 9.17) is 18.5 Å². The molecular formula is C39H37F2N10O10PS. The third-order valence-corrected chi connectivity index (χ3v) is 14.4. The standard InChI is InChI=1S/C39H37F2N10O10PS/c40-28-32(53)27-16-58-62(57,63-17-23-11-6-7-13-25(23)51(55)56)61-33-26(15-52)59-39(29(33)41)49-20-46-30-24(42-18-43-34(30)49)12-5-2-8-14-48(37(54)22-9-3-1-4-10-22)35-31-36(45-19-44-35)50(21-47-31)38(28)60-27/h1-4,6-11,13,18-21,26-29,32-33,38-39,52-53H,5,12,14-17H2/b8-2+/t26-,27-,28-,29-,32-,33-,38?,39-,62+/m1/s1. The summed E-state index contributed by atoms with van der Waals surface area (Å²) < 4.78 is 73.8. The first-order valence-corrected chi connectivity index (χ1v) is 22.7. The van der Waals surface area contributed by atoms with Crippen molar-refractivity contribution in [1.82, 2.24) is 39.0 Å². The highest BCUT2D eigenvalue weighted by Crippen LogP contribution is 2.64. The number of halogens is 2. The van der Waals surface area contributed by atoms with E-state index in [9.17, 15) is 29.7 Å². The predicted molar refractivity (Wildman–Crippen MR) is 220 cm³/mol. The van der Waals surface area contributed by atoms with Gasteiger partial charge in [-0.05, 0) is 36.4 Å². The number of benzene rings is 2. The van der Waals surface area contributed by atoms with Crippen LogP contribution in [0.5, 0.6) is 0 Å². The summed E-state index contributed by atoms with van der Waals surface area (Å²) in [6.45, 7) is -6.22. The Morgan fingerprint density at radius 3 is 2.37 bits per heavy atom. The molecule has 3 aliphatic heterocycles. The molecule has 1 amide bonds. The number of amides is 1. The summed E-state index contributed by atoms with van der Waals surface area (Å²) in [7, 11) is 0. The predicted octanol–water partition coefficient (Wildman–Crippen LogP) is 4.99. The summed E-state index contributed by atoms with van der Waals surface area (Å²) >= 11 is 0.479. The number of carbonyl (C=O) groups is 1. The second-order valence-electron chi connectivity index (χ2n) is 14.6. The lowest BCUT2D eigenvalue weighted by molar-refractivity contribution is -0.385. The minimum absolute atomic E-state index is 0.0339. The number of ether oxygens (including phenoxy) is 2. The largest absolute Gasteiger partial charge is 0.394 e. The van der Waals surface area contributed by atoms with Gasteiger partial charge in [-0.1, -0.05) is 48.6 Å². The van der Waals surface area contributed by atoms with Gasteiger partial charge in [0.05, 0.1) is 36.5 Å². The number of aliphatic hydroxyl groups is 2. The maximum atomic E-state index is 16.7. The van der Waals surface area contributed by atoms with Gasteiger partial charge in [-0.3, -0.25) is 38.0 Å². The van der Waals surface area contributed by atoms with E-state index in [2.05, 4.69) is 29.9 Å². The molecule has 2 N–H and O–H groups in total. The average Bonchev–Trinajstić information content (AvgIpc) is 4.07. The summed E-state index contributed by atoms with van der Waals surface area (Å²) in [5.74, 6) is -0.631. The third kappa shape index (κ3) is 8.21. The van der Waals surface area contributed by atoms with E-state index >= 15 is 8.78 Å². The van der Waals surface area contributed by atoms with Crippen molar-refractivity contribution in [3.05, 3.63) is 119 Å². The number of fused-ring (bicyclic) bond motifs is 6. The number of allylic oxidation sites excluding steroid dienone is 1. The van der Waals surface area contributed by atoms with E-state index < -0.39 is 80.1 Å². The van der Waals surface area contributed by atoms with Gasteiger partial charge in [-0.2, -0.15) is 0 Å². The molecule has 9 atom stereocenters. The van der Waals surface area contributed by atoms with Gasteiger partial charge in [-0.15, -0.1) is 0 Å². The SMILES string of the molecule is O=C(c1ccccc1)N1C/C=C/CCc2ncnc3c2ncn3[C@@H]2O[C@H](CO)[C@@H](O[P@@](=O)(SCc3ccccc3[N+](=O)[O-])OC[C@H]3OC([C@H](F)[C@@H]3O)n3cnc4c1ncnc43)[C@H]2F. The van der Waals surface area contributed by atoms with E-state index in [1.807, 2.05) is 6.08 Å². The van der Waals surface area contributed by atoms with Gasteiger partial charge in [-0.25, -0.2) is 43.2 Å². The number of rotatable bonds is 6. The van der Waals surface area contributed by atoms with Crippen molar-refractivity contribution in [3.63, 3.8) is 0 Å². The van der Waals surface area contributed by atoms with Gasteiger partial charge < -0.3 is 19.7 Å². The Morgan fingerprint density at radius 2 is 1.60 bits per heavy atom. The van der Waals surface area contributed by atoms with E-state index in [-0.39, 0.29) is 46.2 Å². The van der Waals surface area contributed by atoms with Gasteiger partial charge in [0.2, 0.25) is 0 Å². The zero-order valence-corrected chi connectivity index (χ0v) is 34.5. The molecule has 12 bridgehead atoms. The fourth-order valence-corrected chi connectivity index (χ4v) is 11.0. The molecule has 2 fully saturated rings. The van der Waals surface area contributed by atoms with Gasteiger partial charge in [0.25, 0.3) is 11.6 Å². The molecule has 0 spiro atoms. The van der Waals surface area contributed by atoms with Crippen LogP contribution in [0, 0.1) is 10.1 Å². The van der Waals surface area contributed by atoms with E-state index in [0.717, 1.165) is 0 Å². The first kappa shape index (κ1) is 42.6. The Balaban J connectivity index is 1.10. The van der Waals surface area contributed by atoms with Crippen molar-refractivity contribution in [1.29, 1.82) is 0 Å². The highest BCUT2D eigenvalue weighted by Gasteiger charge is 2.52. The fourth-order valence-electron chi connectivity index (χ4n) is 7.64. The molecule has 7 heterocycles. The fraction of sp³-hybridized carbons (Fsp3) is 0.359. The Bertz CT molecular complexity index is 2730. The zero-order chi connectivity index (χ0) is 43.8. The minimum atomic E-state index is -4.69. The van der Waals surface area contributed by atoms with E-state index in [0.29, 0.717) is 41.0 Å². The van der Waals surface area contributed by atoms with Crippen molar-refractivity contribution >= 4 is 57.9 Å². The van der Waals surface area contributed by atoms with Crippen molar-refractivity contribution < 1.29 is 51.8 Å². The topological polar surface area (TPSA) is 245 Å². The lowest BCUT2D eigenvalue weighted by Crippen LogP contribution is -2.34. The van der Waals surface area contributed by atoms with Crippen LogP contribution in [0.2, 0.25) is 0 Å². The van der Waals surface area contributed by atoms with Crippen LogP contribution >= 0.6 is 18.2 Å². The number of hydrogen-bond acceptors (Lipinski definition) is 17. The summed E-state index contributed by atoms with van der Waals surface area (Å²) in [5.41, 5.74) is 1.44. The summed E-state index contributed by atoms with van der Waals surface area (Å²) in [6.07, 6.45) is -4.44. The number of aliphatic hydroxyl groups excluding tert-OH is 2. The maximum absolute atomic E-state index is 16.7. The molecule has 4 aromatic heterocycles. The van der Waals surface area contributed by atoms with Crippen LogP contribution in [0.15, 0.2) is 92.1 Å². The molecule has 24 heteroatoms. The Kier molecular flexibility index (Phi) is 12.1. The molecule has 6 aromatic rings. The number of nitrogens with zero attached hydrogens (tertiary/aromatic N) is 10. The second kappa shape index (κ2) is 17.8. The highest BCUT2D eigenvalue weighted by molar-refractivity contribution is 8.54. The number of hydrogen-bond donors (Lipinski definition) is 2. The number of carbonyl (C=O) groups excluding carboxylic acids is 1. The monoisotopic (exact) mass is 906 g/mol. The number of nitro benzene ring substituents is 1. The molecule has 0 saturated carbocycles. The van der Waals surface area contributed by atoms with Crippen LogP contribution < -0.4 is 4.90 Å². The van der Waals surface area contributed by atoms with Crippen LogP contribution in [0.1, 0.15) is 40.5 Å². The Labute approximate surface area is 359 Å². The Hall–Kier alpha value is -5.65. The Morgan fingerprint density at radius 1 is 0.905 bits per heavy atom. The maximum Gasteiger partial charge on any atom is 0.390 e. The smallest absolute Gasteiger partial charge is 0.390 e. The highest BCUT2D eigenvalue weighted by atomic mass is 32.7. The van der Waals surface area contributed by atoms with Crippen molar-refractivity contribution in [3.8, 4) is 0 Å². The molecule has 2 saturated heterocycles. The van der Waals surface area contributed by atoms with Crippen molar-refractivity contribution in [2.75, 3.05) is 24.7 Å².